The number of hydrogen-bond acceptors (Lipinski definition) is 3. The quantitative estimate of drug-likeness (QED) is 0.402. The van der Waals surface area contributed by atoms with Crippen LogP contribution in [0.2, 0.25) is 0 Å². The van der Waals surface area contributed by atoms with Gasteiger partial charge in [-0.3, -0.25) is 9.68 Å². The fourth-order valence-corrected chi connectivity index (χ4v) is 1.19. The predicted octanol–water partition coefficient (Wildman–Crippen LogP) is 3.16. The second-order valence-electron chi connectivity index (χ2n) is 3.37. The average molecular weight is 203 g/mol. The number of nitrogens with zero attached hydrogens (tertiary/aromatic N) is 1. The molecule has 86 valence electrons. The van der Waals surface area contributed by atoms with Crippen LogP contribution in [0.4, 0.5) is 0 Å². The smallest absolute Gasteiger partial charge is 0.0711 e. The Morgan fingerprint density at radius 1 is 0.857 bits per heavy atom. The molecule has 0 fully saturated rings. The van der Waals surface area contributed by atoms with Crippen molar-refractivity contribution in [2.24, 2.45) is 0 Å². The van der Waals surface area contributed by atoms with E-state index in [1.807, 2.05) is 6.92 Å². The summed E-state index contributed by atoms with van der Waals surface area (Å²) in [4.78, 5) is 10.8. The molecule has 0 unspecified atom stereocenters. The standard InChI is InChI=1S/C11H25NO2/c1-4-7-8-9-11-14-12(10-5-2)13-6-3/h4-11H2,1-3H3. The Bertz CT molecular complexity index is 103. The molecule has 0 saturated carbocycles. The van der Waals surface area contributed by atoms with Crippen molar-refractivity contribution in [3.8, 4) is 0 Å². The minimum atomic E-state index is 0.676. The molecule has 0 bridgehead atoms. The van der Waals surface area contributed by atoms with Crippen molar-refractivity contribution in [2.75, 3.05) is 19.8 Å². The van der Waals surface area contributed by atoms with Gasteiger partial charge in [0.1, 0.15) is 0 Å². The van der Waals surface area contributed by atoms with E-state index in [9.17, 15) is 0 Å². The lowest BCUT2D eigenvalue weighted by Crippen LogP contribution is -2.25. The molecule has 0 rings (SSSR count). The number of rotatable bonds is 10. The molecule has 0 heterocycles. The first-order valence-electron chi connectivity index (χ1n) is 5.88. The van der Waals surface area contributed by atoms with Crippen molar-refractivity contribution < 1.29 is 9.68 Å². The molecule has 0 aliphatic carbocycles. The molecule has 0 aliphatic rings. The molecule has 0 amide bonds. The zero-order chi connectivity index (χ0) is 10.6. The van der Waals surface area contributed by atoms with Gasteiger partial charge in [-0.1, -0.05) is 38.3 Å². The van der Waals surface area contributed by atoms with Gasteiger partial charge in [-0.15, -0.1) is 0 Å². The van der Waals surface area contributed by atoms with Crippen LogP contribution in [0.25, 0.3) is 0 Å². The van der Waals surface area contributed by atoms with E-state index in [1.165, 1.54) is 19.3 Å². The lowest BCUT2D eigenvalue weighted by atomic mass is 10.2. The van der Waals surface area contributed by atoms with Crippen molar-refractivity contribution in [1.29, 1.82) is 0 Å². The van der Waals surface area contributed by atoms with Crippen molar-refractivity contribution in [3.63, 3.8) is 0 Å². The second-order valence-corrected chi connectivity index (χ2v) is 3.37. The maximum absolute atomic E-state index is 5.48. The highest BCUT2D eigenvalue weighted by Crippen LogP contribution is 2.01. The molecular formula is C11H25NO2. The summed E-state index contributed by atoms with van der Waals surface area (Å²) < 4.78 is 0. The highest BCUT2D eigenvalue weighted by molar-refractivity contribution is 4.38. The van der Waals surface area contributed by atoms with Gasteiger partial charge in [-0.2, -0.15) is 0 Å². The molecule has 0 aromatic rings. The number of hydroxylamine groups is 2. The van der Waals surface area contributed by atoms with Crippen LogP contribution in [-0.4, -0.2) is 25.0 Å². The Morgan fingerprint density at radius 2 is 1.64 bits per heavy atom. The summed E-state index contributed by atoms with van der Waals surface area (Å²) in [5.74, 6) is 0. The number of unbranched alkanes of at least 4 members (excludes halogenated alkanes) is 3. The Hall–Kier alpha value is -0.120. The van der Waals surface area contributed by atoms with Crippen LogP contribution in [-0.2, 0) is 9.68 Å². The summed E-state index contributed by atoms with van der Waals surface area (Å²) in [6.07, 6.45) is 5.99. The van der Waals surface area contributed by atoms with Gasteiger partial charge in [0.15, 0.2) is 0 Å². The minimum Gasteiger partial charge on any atom is -0.274 e. The minimum absolute atomic E-state index is 0.676. The van der Waals surface area contributed by atoms with Gasteiger partial charge in [-0.25, -0.2) is 0 Å². The Morgan fingerprint density at radius 3 is 2.21 bits per heavy atom. The largest absolute Gasteiger partial charge is 0.274 e. The Balaban J connectivity index is 3.30. The third-order valence-corrected chi connectivity index (χ3v) is 1.91. The molecule has 14 heavy (non-hydrogen) atoms. The maximum Gasteiger partial charge on any atom is 0.0711 e. The summed E-state index contributed by atoms with van der Waals surface area (Å²) in [6.45, 7) is 8.61. The van der Waals surface area contributed by atoms with E-state index in [4.69, 9.17) is 9.68 Å². The second kappa shape index (κ2) is 11.0. The molecular weight excluding hydrogens is 178 g/mol. The van der Waals surface area contributed by atoms with Crippen LogP contribution >= 0.6 is 0 Å². The monoisotopic (exact) mass is 203 g/mol. The first kappa shape index (κ1) is 13.9. The summed E-state index contributed by atoms with van der Waals surface area (Å²) >= 11 is 0. The molecule has 0 aromatic carbocycles. The van der Waals surface area contributed by atoms with Gasteiger partial charge in [0.2, 0.25) is 0 Å². The summed E-state index contributed by atoms with van der Waals surface area (Å²) in [7, 11) is 0. The van der Waals surface area contributed by atoms with Crippen LogP contribution in [0.1, 0.15) is 52.9 Å². The van der Waals surface area contributed by atoms with Gasteiger partial charge in [-0.05, 0) is 19.8 Å². The molecule has 0 saturated heterocycles. The molecule has 0 spiro atoms. The zero-order valence-electron chi connectivity index (χ0n) is 9.92. The predicted molar refractivity (Wildman–Crippen MR) is 58.7 cm³/mol. The normalized spacial score (nSPS) is 11.1. The zero-order valence-corrected chi connectivity index (χ0v) is 9.92. The molecule has 0 atom stereocenters. The summed E-state index contributed by atoms with van der Waals surface area (Å²) in [6, 6.07) is 0. The van der Waals surface area contributed by atoms with E-state index in [-0.39, 0.29) is 0 Å². The summed E-state index contributed by atoms with van der Waals surface area (Å²) in [5, 5.41) is 1.62. The molecule has 0 aromatic heterocycles. The average Bonchev–Trinajstić information content (AvgIpc) is 2.18. The maximum atomic E-state index is 5.48. The van der Waals surface area contributed by atoms with E-state index in [2.05, 4.69) is 13.8 Å². The Kier molecular flexibility index (Phi) is 10.9. The molecule has 3 heteroatoms. The van der Waals surface area contributed by atoms with Crippen LogP contribution in [0.5, 0.6) is 0 Å². The molecule has 0 radical (unpaired) electrons. The van der Waals surface area contributed by atoms with Crippen molar-refractivity contribution in [2.45, 2.75) is 52.9 Å². The molecule has 0 aliphatic heterocycles. The van der Waals surface area contributed by atoms with E-state index in [0.717, 1.165) is 26.0 Å². The van der Waals surface area contributed by atoms with Gasteiger partial charge < -0.3 is 0 Å². The highest BCUT2D eigenvalue weighted by Gasteiger charge is 2.02. The van der Waals surface area contributed by atoms with Gasteiger partial charge in [0, 0.05) is 0 Å². The van der Waals surface area contributed by atoms with Crippen molar-refractivity contribution >= 4 is 0 Å². The number of hydrogen-bond donors (Lipinski definition) is 0. The third kappa shape index (κ3) is 8.48. The first-order valence-corrected chi connectivity index (χ1v) is 5.88. The van der Waals surface area contributed by atoms with Crippen LogP contribution < -0.4 is 0 Å². The Labute approximate surface area is 88.3 Å². The van der Waals surface area contributed by atoms with Crippen LogP contribution in [0.3, 0.4) is 0 Å². The third-order valence-electron chi connectivity index (χ3n) is 1.91. The first-order chi connectivity index (χ1) is 6.85. The highest BCUT2D eigenvalue weighted by atomic mass is 16.9. The van der Waals surface area contributed by atoms with E-state index >= 15 is 0 Å². The van der Waals surface area contributed by atoms with Crippen molar-refractivity contribution in [1.82, 2.24) is 5.23 Å². The SMILES string of the molecule is CCCCCCON(CCC)OCC. The fraction of sp³-hybridized carbons (Fsp3) is 1.00. The molecule has 0 N–H and O–H groups in total. The van der Waals surface area contributed by atoms with E-state index in [0.29, 0.717) is 6.61 Å². The molecule has 3 nitrogen and oxygen atoms in total. The fourth-order valence-electron chi connectivity index (χ4n) is 1.19. The van der Waals surface area contributed by atoms with Crippen molar-refractivity contribution in [3.05, 3.63) is 0 Å². The topological polar surface area (TPSA) is 21.7 Å². The van der Waals surface area contributed by atoms with E-state index in [1.54, 1.807) is 5.23 Å². The van der Waals surface area contributed by atoms with Gasteiger partial charge >= 0.3 is 0 Å². The van der Waals surface area contributed by atoms with Crippen LogP contribution in [0, 0.1) is 0 Å². The van der Waals surface area contributed by atoms with Gasteiger partial charge in [0.05, 0.1) is 19.8 Å². The van der Waals surface area contributed by atoms with Gasteiger partial charge in [0.25, 0.3) is 0 Å². The lowest BCUT2D eigenvalue weighted by Gasteiger charge is -2.19. The van der Waals surface area contributed by atoms with Crippen LogP contribution in [0.15, 0.2) is 0 Å². The summed E-state index contributed by atoms with van der Waals surface area (Å²) in [5.41, 5.74) is 0. The lowest BCUT2D eigenvalue weighted by molar-refractivity contribution is -0.366. The van der Waals surface area contributed by atoms with E-state index < -0.39 is 0 Å².